The van der Waals surface area contributed by atoms with E-state index in [-0.39, 0.29) is 0 Å². The molecule has 0 unspecified atom stereocenters. The molecular formula is C5H11NO4. The summed E-state index contributed by atoms with van der Waals surface area (Å²) in [5, 5.41) is 25.9. The van der Waals surface area contributed by atoms with Crippen molar-refractivity contribution < 1.29 is 20.1 Å². The van der Waals surface area contributed by atoms with Crippen molar-refractivity contribution in [2.24, 2.45) is 5.73 Å². The highest BCUT2D eigenvalue weighted by Crippen LogP contribution is 2.05. The summed E-state index contributed by atoms with van der Waals surface area (Å²) >= 11 is 0. The van der Waals surface area contributed by atoms with E-state index in [0.29, 0.717) is 6.29 Å². The van der Waals surface area contributed by atoms with Crippen molar-refractivity contribution in [2.75, 3.05) is 6.61 Å². The first kappa shape index (κ1) is 9.51. The first-order valence-electron chi connectivity index (χ1n) is 2.78. The van der Waals surface area contributed by atoms with Gasteiger partial charge in [0.15, 0.2) is 0 Å². The van der Waals surface area contributed by atoms with E-state index in [9.17, 15) is 4.79 Å². The normalized spacial score (nSPS) is 19.6. The van der Waals surface area contributed by atoms with Crippen LogP contribution in [-0.4, -0.2) is 40.0 Å². The van der Waals surface area contributed by atoms with Crippen LogP contribution in [0.15, 0.2) is 0 Å². The Morgan fingerprint density at radius 1 is 1.70 bits per heavy atom. The lowest BCUT2D eigenvalue weighted by Crippen LogP contribution is -2.52. The summed E-state index contributed by atoms with van der Waals surface area (Å²) in [5.41, 5.74) is 2.99. The zero-order valence-corrected chi connectivity index (χ0v) is 5.40. The molecule has 0 fully saturated rings. The second-order valence-corrected chi connectivity index (χ2v) is 2.06. The molecule has 0 rings (SSSR count). The Hall–Kier alpha value is -0.490. The Morgan fingerprint density at radius 3 is 2.50 bits per heavy atom. The largest absolute Gasteiger partial charge is 0.394 e. The van der Waals surface area contributed by atoms with Gasteiger partial charge in [0.25, 0.3) is 0 Å². The fourth-order valence-electron chi connectivity index (χ4n) is 0.428. The number of aliphatic hydroxyl groups is 3. The van der Waals surface area contributed by atoms with Crippen LogP contribution in [0.3, 0.4) is 0 Å². The summed E-state index contributed by atoms with van der Waals surface area (Å²) in [7, 11) is 0. The van der Waals surface area contributed by atoms with Crippen LogP contribution in [0, 0.1) is 0 Å². The molecule has 5 heteroatoms. The van der Waals surface area contributed by atoms with E-state index >= 15 is 0 Å². The van der Waals surface area contributed by atoms with Crippen molar-refractivity contribution in [3.05, 3.63) is 0 Å². The van der Waals surface area contributed by atoms with Crippen molar-refractivity contribution in [1.82, 2.24) is 0 Å². The topological polar surface area (TPSA) is 104 Å². The number of hydrogen-bond donors (Lipinski definition) is 4. The van der Waals surface area contributed by atoms with Gasteiger partial charge in [0.05, 0.1) is 6.61 Å². The zero-order valence-electron chi connectivity index (χ0n) is 5.40. The first-order chi connectivity index (χ1) is 4.54. The molecule has 5 nitrogen and oxygen atoms in total. The Kier molecular flexibility index (Phi) is 3.45. The maximum absolute atomic E-state index is 9.81. The molecular weight excluding hydrogens is 138 g/mol. The average Bonchev–Trinajstić information content (AvgIpc) is 1.86. The van der Waals surface area contributed by atoms with Gasteiger partial charge < -0.3 is 25.8 Å². The number of carbonyl (C=O) groups is 1. The lowest BCUT2D eigenvalue weighted by atomic mass is 10.1. The Balaban J connectivity index is 3.94. The summed E-state index contributed by atoms with van der Waals surface area (Å²) in [4.78, 5) is 9.81. The highest BCUT2D eigenvalue weighted by molar-refractivity contribution is 5.51. The van der Waals surface area contributed by atoms with Gasteiger partial charge in [0, 0.05) is 6.42 Å². The molecule has 0 spiro atoms. The third-order valence-corrected chi connectivity index (χ3v) is 1.16. The van der Waals surface area contributed by atoms with Crippen LogP contribution in [0.4, 0.5) is 0 Å². The third-order valence-electron chi connectivity index (χ3n) is 1.16. The molecule has 0 aromatic heterocycles. The monoisotopic (exact) mass is 149 g/mol. The Bertz CT molecular complexity index is 114. The summed E-state index contributed by atoms with van der Waals surface area (Å²) in [5.74, 6) is 0. The maximum atomic E-state index is 9.81. The number of rotatable bonds is 4. The minimum Gasteiger partial charge on any atom is -0.394 e. The zero-order chi connectivity index (χ0) is 8.20. The highest BCUT2D eigenvalue weighted by atomic mass is 16.4. The molecule has 0 aromatic carbocycles. The summed E-state index contributed by atoms with van der Waals surface area (Å²) in [6.07, 6.45) is -1.49. The lowest BCUT2D eigenvalue weighted by Gasteiger charge is -2.24. The molecule has 60 valence electrons. The van der Waals surface area contributed by atoms with Gasteiger partial charge in [0.1, 0.15) is 18.1 Å². The van der Waals surface area contributed by atoms with Crippen molar-refractivity contribution in [3.8, 4) is 0 Å². The van der Waals surface area contributed by atoms with E-state index in [4.69, 9.17) is 21.1 Å². The molecule has 10 heavy (non-hydrogen) atoms. The lowest BCUT2D eigenvalue weighted by molar-refractivity contribution is -0.123. The number of carbonyl (C=O) groups excluding carboxylic acids is 1. The molecule has 0 saturated carbocycles. The minimum atomic E-state index is -2.00. The van der Waals surface area contributed by atoms with Crippen LogP contribution in [-0.2, 0) is 4.79 Å². The second kappa shape index (κ2) is 3.62. The molecule has 0 aliphatic heterocycles. The number of nitrogens with two attached hydrogens (primary N) is 1. The molecule has 0 aliphatic carbocycles. The molecule has 0 amide bonds. The summed E-state index contributed by atoms with van der Waals surface area (Å²) < 4.78 is 0. The Labute approximate surface area is 58.1 Å². The highest BCUT2D eigenvalue weighted by Gasteiger charge is 2.29. The molecule has 0 aliphatic rings. The molecule has 0 radical (unpaired) electrons. The van der Waals surface area contributed by atoms with Crippen LogP contribution in [0.5, 0.6) is 0 Å². The van der Waals surface area contributed by atoms with Gasteiger partial charge >= 0.3 is 0 Å². The molecule has 0 saturated heterocycles. The van der Waals surface area contributed by atoms with Gasteiger partial charge in [-0.1, -0.05) is 0 Å². The summed E-state index contributed by atoms with van der Waals surface area (Å²) in [6, 6.07) is 0. The molecule has 0 heterocycles. The van der Waals surface area contributed by atoms with Crippen LogP contribution in [0.25, 0.3) is 0 Å². The number of hydrogen-bond acceptors (Lipinski definition) is 5. The van der Waals surface area contributed by atoms with E-state index in [1.165, 1.54) is 0 Å². The number of aliphatic hydroxyl groups excluding tert-OH is 2. The minimum absolute atomic E-state index is 0.374. The predicted molar refractivity (Wildman–Crippen MR) is 32.9 cm³/mol. The predicted octanol–water partition coefficient (Wildman–Crippen LogP) is -2.42. The van der Waals surface area contributed by atoms with Crippen LogP contribution in [0.1, 0.15) is 6.42 Å². The maximum Gasteiger partial charge on any atom is 0.148 e. The van der Waals surface area contributed by atoms with E-state index in [1.807, 2.05) is 0 Å². The SMILES string of the molecule is N[C@](O)(CC=O)[C@H](O)CO. The van der Waals surface area contributed by atoms with Crippen molar-refractivity contribution in [2.45, 2.75) is 18.2 Å². The smallest absolute Gasteiger partial charge is 0.148 e. The molecule has 0 bridgehead atoms. The fourth-order valence-corrected chi connectivity index (χ4v) is 0.428. The van der Waals surface area contributed by atoms with Gasteiger partial charge in [-0.2, -0.15) is 0 Å². The molecule has 2 atom stereocenters. The van der Waals surface area contributed by atoms with Crippen molar-refractivity contribution >= 4 is 6.29 Å². The van der Waals surface area contributed by atoms with Gasteiger partial charge in [-0.25, -0.2) is 0 Å². The van der Waals surface area contributed by atoms with Gasteiger partial charge in [-0.15, -0.1) is 0 Å². The van der Waals surface area contributed by atoms with E-state index in [1.54, 1.807) is 0 Å². The molecule has 0 aromatic rings. The van der Waals surface area contributed by atoms with E-state index in [2.05, 4.69) is 0 Å². The van der Waals surface area contributed by atoms with E-state index in [0.717, 1.165) is 0 Å². The Morgan fingerprint density at radius 2 is 2.20 bits per heavy atom. The van der Waals surface area contributed by atoms with E-state index < -0.39 is 24.9 Å². The average molecular weight is 149 g/mol. The quantitative estimate of drug-likeness (QED) is 0.263. The van der Waals surface area contributed by atoms with Gasteiger partial charge in [0.2, 0.25) is 0 Å². The fraction of sp³-hybridized carbons (Fsp3) is 0.800. The third kappa shape index (κ3) is 2.40. The van der Waals surface area contributed by atoms with Crippen LogP contribution >= 0.6 is 0 Å². The van der Waals surface area contributed by atoms with Crippen molar-refractivity contribution in [3.63, 3.8) is 0 Å². The van der Waals surface area contributed by atoms with Gasteiger partial charge in [-0.05, 0) is 0 Å². The van der Waals surface area contributed by atoms with Crippen molar-refractivity contribution in [1.29, 1.82) is 0 Å². The standard InChI is InChI=1S/C5H11NO4/c6-5(10,1-2-7)4(9)3-8/h2,4,8-10H,1,3,6H2/t4-,5+/m1/s1. The first-order valence-corrected chi connectivity index (χ1v) is 2.78. The second-order valence-electron chi connectivity index (χ2n) is 2.06. The summed E-state index contributed by atoms with van der Waals surface area (Å²) in [6.45, 7) is -0.666. The van der Waals surface area contributed by atoms with Crippen LogP contribution < -0.4 is 5.73 Å². The number of aldehydes is 1. The molecule has 5 N–H and O–H groups in total. The van der Waals surface area contributed by atoms with Crippen LogP contribution in [0.2, 0.25) is 0 Å². The van der Waals surface area contributed by atoms with Gasteiger partial charge in [-0.3, -0.25) is 0 Å².